The first-order valence-electron chi connectivity index (χ1n) is 7.76. The molecule has 0 aliphatic heterocycles. The third-order valence-corrected chi connectivity index (χ3v) is 3.85. The van der Waals surface area contributed by atoms with E-state index in [0.717, 1.165) is 58.0 Å². The summed E-state index contributed by atoms with van der Waals surface area (Å²) < 4.78 is 0. The van der Waals surface area contributed by atoms with Crippen LogP contribution in [-0.4, -0.2) is 24.9 Å². The molecular formula is C15H28N2O2. The Kier molecular flexibility index (Phi) is 7.53. The summed E-state index contributed by atoms with van der Waals surface area (Å²) in [7, 11) is 0. The zero-order valence-electron chi connectivity index (χ0n) is 12.3. The number of nitrogens with one attached hydrogen (secondary N) is 2. The lowest BCUT2D eigenvalue weighted by Gasteiger charge is -2.18. The lowest BCUT2D eigenvalue weighted by Crippen LogP contribution is -2.40. The molecule has 2 amide bonds. The highest BCUT2D eigenvalue weighted by molar-refractivity contribution is 5.88. The lowest BCUT2D eigenvalue weighted by atomic mass is 9.94. The highest BCUT2D eigenvalue weighted by atomic mass is 16.2. The molecule has 0 aromatic heterocycles. The Morgan fingerprint density at radius 3 is 1.68 bits per heavy atom. The zero-order valence-corrected chi connectivity index (χ0v) is 12.3. The number of amides is 2. The minimum absolute atomic E-state index is 0.0709. The Hall–Kier alpha value is -1.06. The van der Waals surface area contributed by atoms with Gasteiger partial charge in [0.2, 0.25) is 11.8 Å². The Labute approximate surface area is 116 Å². The molecule has 0 aromatic rings. The van der Waals surface area contributed by atoms with Crippen molar-refractivity contribution >= 4 is 11.8 Å². The van der Waals surface area contributed by atoms with E-state index in [1.807, 2.05) is 0 Å². The van der Waals surface area contributed by atoms with Gasteiger partial charge < -0.3 is 10.6 Å². The second kappa shape index (κ2) is 8.94. The van der Waals surface area contributed by atoms with E-state index in [2.05, 4.69) is 24.5 Å². The van der Waals surface area contributed by atoms with Crippen molar-refractivity contribution in [2.45, 2.75) is 58.8 Å². The summed E-state index contributed by atoms with van der Waals surface area (Å²) >= 11 is 0. The largest absolute Gasteiger partial charge is 0.356 e. The quantitative estimate of drug-likeness (QED) is 0.663. The Morgan fingerprint density at radius 1 is 0.895 bits per heavy atom. The zero-order chi connectivity index (χ0) is 14.1. The predicted octanol–water partition coefficient (Wildman–Crippen LogP) is 2.24. The molecule has 110 valence electrons. The van der Waals surface area contributed by atoms with Gasteiger partial charge in [0.25, 0.3) is 0 Å². The summed E-state index contributed by atoms with van der Waals surface area (Å²) in [6.45, 7) is 5.67. The molecular weight excluding hydrogens is 240 g/mol. The van der Waals surface area contributed by atoms with Gasteiger partial charge in [0, 0.05) is 24.9 Å². The van der Waals surface area contributed by atoms with Crippen LogP contribution in [0.25, 0.3) is 0 Å². The van der Waals surface area contributed by atoms with Crippen LogP contribution in [0.4, 0.5) is 0 Å². The molecule has 0 heterocycles. The maximum atomic E-state index is 12.1. The molecule has 0 spiro atoms. The van der Waals surface area contributed by atoms with Gasteiger partial charge in [0.05, 0.1) is 0 Å². The number of hydrogen-bond acceptors (Lipinski definition) is 2. The summed E-state index contributed by atoms with van der Waals surface area (Å²) in [5, 5.41) is 5.92. The molecule has 0 radical (unpaired) electrons. The van der Waals surface area contributed by atoms with Gasteiger partial charge in [-0.05, 0) is 25.7 Å². The smallest absolute Gasteiger partial charge is 0.223 e. The third kappa shape index (κ3) is 5.21. The third-order valence-electron chi connectivity index (χ3n) is 3.85. The summed E-state index contributed by atoms with van der Waals surface area (Å²) in [6, 6.07) is 0. The summed E-state index contributed by atoms with van der Waals surface area (Å²) in [5.74, 6) is -0.0832. The minimum atomic E-state index is -0.113. The summed E-state index contributed by atoms with van der Waals surface area (Å²) in [4.78, 5) is 24.1. The van der Waals surface area contributed by atoms with Crippen LogP contribution >= 0.6 is 0 Å². The Bertz CT molecular complexity index is 264. The van der Waals surface area contributed by atoms with Gasteiger partial charge in [-0.2, -0.15) is 0 Å². The van der Waals surface area contributed by atoms with E-state index in [1.54, 1.807) is 0 Å². The maximum absolute atomic E-state index is 12.1. The molecule has 0 aromatic carbocycles. The molecule has 2 N–H and O–H groups in total. The normalized spacial score (nSPS) is 22.2. The number of carbonyl (C=O) groups excluding carboxylic acids is 2. The van der Waals surface area contributed by atoms with Gasteiger partial charge in [-0.3, -0.25) is 9.59 Å². The van der Waals surface area contributed by atoms with E-state index in [0.29, 0.717) is 0 Å². The molecule has 1 fully saturated rings. The first-order chi connectivity index (χ1) is 9.20. The minimum Gasteiger partial charge on any atom is -0.356 e. The van der Waals surface area contributed by atoms with Crippen LogP contribution in [0.2, 0.25) is 0 Å². The van der Waals surface area contributed by atoms with E-state index in [1.165, 1.54) is 0 Å². The van der Waals surface area contributed by atoms with Gasteiger partial charge in [-0.25, -0.2) is 0 Å². The number of rotatable bonds is 8. The molecule has 1 rings (SSSR count). The van der Waals surface area contributed by atoms with Gasteiger partial charge in [0.1, 0.15) is 0 Å². The first-order valence-corrected chi connectivity index (χ1v) is 7.76. The molecule has 1 aliphatic rings. The van der Waals surface area contributed by atoms with E-state index >= 15 is 0 Å². The fourth-order valence-corrected chi connectivity index (χ4v) is 2.63. The molecule has 1 saturated carbocycles. The first kappa shape index (κ1) is 16.0. The molecule has 1 aliphatic carbocycles. The predicted molar refractivity (Wildman–Crippen MR) is 76.7 cm³/mol. The lowest BCUT2D eigenvalue weighted by molar-refractivity contribution is -0.133. The standard InChI is InChI=1S/C15H28N2O2/c1-3-5-10-16-14(18)12-8-7-9-13(12)15(19)17-11-6-4-2/h12-13H,3-11H2,1-2H3,(H,16,18)(H,17,19)/t12-,13-/m1/s1. The van der Waals surface area contributed by atoms with Crippen molar-refractivity contribution in [3.8, 4) is 0 Å². The van der Waals surface area contributed by atoms with Crippen molar-refractivity contribution in [3.05, 3.63) is 0 Å². The highest BCUT2D eigenvalue weighted by Crippen LogP contribution is 2.32. The van der Waals surface area contributed by atoms with Crippen LogP contribution in [0.3, 0.4) is 0 Å². The SMILES string of the molecule is CCCCNC(=O)[C@@H]1CCC[C@H]1C(=O)NCCCC. The number of unbranched alkanes of at least 4 members (excludes halogenated alkanes) is 2. The van der Waals surface area contributed by atoms with Crippen LogP contribution in [0.1, 0.15) is 58.8 Å². The average molecular weight is 268 g/mol. The molecule has 0 saturated heterocycles. The van der Waals surface area contributed by atoms with Crippen molar-refractivity contribution in [3.63, 3.8) is 0 Å². The van der Waals surface area contributed by atoms with Gasteiger partial charge in [0.15, 0.2) is 0 Å². The van der Waals surface area contributed by atoms with Gasteiger partial charge in [-0.15, -0.1) is 0 Å². The number of carbonyl (C=O) groups is 2. The summed E-state index contributed by atoms with van der Waals surface area (Å²) in [5.41, 5.74) is 0. The topological polar surface area (TPSA) is 58.2 Å². The van der Waals surface area contributed by atoms with E-state index in [-0.39, 0.29) is 23.7 Å². The molecule has 4 nitrogen and oxygen atoms in total. The average Bonchev–Trinajstić information content (AvgIpc) is 2.88. The van der Waals surface area contributed by atoms with Crippen molar-refractivity contribution in [2.24, 2.45) is 11.8 Å². The van der Waals surface area contributed by atoms with Crippen molar-refractivity contribution in [2.75, 3.05) is 13.1 Å². The van der Waals surface area contributed by atoms with Crippen LogP contribution in [-0.2, 0) is 9.59 Å². The fraction of sp³-hybridized carbons (Fsp3) is 0.867. The Morgan fingerprint density at radius 2 is 1.32 bits per heavy atom. The van der Waals surface area contributed by atoms with E-state index in [4.69, 9.17) is 0 Å². The van der Waals surface area contributed by atoms with Crippen molar-refractivity contribution in [1.82, 2.24) is 10.6 Å². The van der Waals surface area contributed by atoms with E-state index in [9.17, 15) is 9.59 Å². The van der Waals surface area contributed by atoms with Crippen LogP contribution in [0, 0.1) is 11.8 Å². The van der Waals surface area contributed by atoms with E-state index < -0.39 is 0 Å². The second-order valence-electron chi connectivity index (χ2n) is 5.43. The van der Waals surface area contributed by atoms with Crippen LogP contribution < -0.4 is 10.6 Å². The van der Waals surface area contributed by atoms with Crippen LogP contribution in [0.15, 0.2) is 0 Å². The molecule has 4 heteroatoms. The highest BCUT2D eigenvalue weighted by Gasteiger charge is 2.37. The molecule has 19 heavy (non-hydrogen) atoms. The Balaban J connectivity index is 2.39. The monoisotopic (exact) mass is 268 g/mol. The van der Waals surface area contributed by atoms with Gasteiger partial charge >= 0.3 is 0 Å². The summed E-state index contributed by atoms with van der Waals surface area (Å²) in [6.07, 6.45) is 6.85. The van der Waals surface area contributed by atoms with Crippen molar-refractivity contribution in [1.29, 1.82) is 0 Å². The maximum Gasteiger partial charge on any atom is 0.223 e. The molecule has 0 bridgehead atoms. The fourth-order valence-electron chi connectivity index (χ4n) is 2.63. The second-order valence-corrected chi connectivity index (χ2v) is 5.43. The van der Waals surface area contributed by atoms with Gasteiger partial charge in [-0.1, -0.05) is 33.1 Å². The van der Waals surface area contributed by atoms with Crippen LogP contribution in [0.5, 0.6) is 0 Å². The van der Waals surface area contributed by atoms with Crippen molar-refractivity contribution < 1.29 is 9.59 Å². The number of hydrogen-bond donors (Lipinski definition) is 2. The molecule has 0 unspecified atom stereocenters. The molecule has 2 atom stereocenters.